The largest absolute Gasteiger partial charge is 0.452 e. The minimum absolute atomic E-state index is 0.0171. The van der Waals surface area contributed by atoms with Crippen molar-refractivity contribution in [3.05, 3.63) is 58.2 Å². The smallest absolute Gasteiger partial charge is 0.342 e. The third-order valence-electron chi connectivity index (χ3n) is 3.67. The molecule has 2 heterocycles. The number of carbonyl (C=O) groups excluding carboxylic acids is 2. The van der Waals surface area contributed by atoms with Gasteiger partial charge in [0.2, 0.25) is 0 Å². The van der Waals surface area contributed by atoms with Crippen LogP contribution >= 0.6 is 0 Å². The standard InChI is InChI=1S/C16H14N6O5/c1-2-12-10(7-17-16-18-9-19-21(12)16)15(24)27-8-14(23)20-11-5-3-4-6-13(11)22(25)26/h3-7,9H,2,8H2,1H3,(H,20,23). The molecule has 1 aromatic carbocycles. The van der Waals surface area contributed by atoms with Crippen LogP contribution in [-0.4, -0.2) is 43.0 Å². The maximum atomic E-state index is 12.3. The van der Waals surface area contributed by atoms with E-state index < -0.39 is 23.4 Å². The summed E-state index contributed by atoms with van der Waals surface area (Å²) in [5.74, 6) is -1.11. The van der Waals surface area contributed by atoms with Crippen LogP contribution in [0.4, 0.5) is 11.4 Å². The highest BCUT2D eigenvalue weighted by atomic mass is 16.6. The van der Waals surface area contributed by atoms with E-state index in [-0.39, 0.29) is 16.9 Å². The zero-order valence-corrected chi connectivity index (χ0v) is 14.2. The first kappa shape index (κ1) is 17.9. The molecule has 0 radical (unpaired) electrons. The quantitative estimate of drug-likeness (QED) is 0.390. The van der Waals surface area contributed by atoms with Crippen molar-refractivity contribution < 1.29 is 19.2 Å². The second kappa shape index (κ2) is 7.56. The van der Waals surface area contributed by atoms with E-state index in [1.165, 1.54) is 35.2 Å². The summed E-state index contributed by atoms with van der Waals surface area (Å²) in [5, 5.41) is 17.3. The van der Waals surface area contributed by atoms with Crippen LogP contribution < -0.4 is 5.32 Å². The summed E-state index contributed by atoms with van der Waals surface area (Å²) in [6, 6.07) is 5.66. The maximum absolute atomic E-state index is 12.3. The van der Waals surface area contributed by atoms with Crippen LogP contribution in [0.5, 0.6) is 0 Å². The number of nitrogens with one attached hydrogen (secondary N) is 1. The van der Waals surface area contributed by atoms with Gasteiger partial charge in [0.1, 0.15) is 12.0 Å². The van der Waals surface area contributed by atoms with Gasteiger partial charge in [-0.1, -0.05) is 19.1 Å². The third-order valence-corrected chi connectivity index (χ3v) is 3.67. The van der Waals surface area contributed by atoms with Crippen LogP contribution in [0.15, 0.2) is 36.8 Å². The number of amides is 1. The van der Waals surface area contributed by atoms with E-state index in [4.69, 9.17) is 4.74 Å². The number of aryl methyl sites for hydroxylation is 1. The highest BCUT2D eigenvalue weighted by Crippen LogP contribution is 2.23. The fraction of sp³-hybridized carbons (Fsp3) is 0.188. The van der Waals surface area contributed by atoms with Crippen LogP contribution in [0.25, 0.3) is 5.78 Å². The molecule has 0 fully saturated rings. The zero-order valence-electron chi connectivity index (χ0n) is 14.2. The Labute approximate surface area is 152 Å². The summed E-state index contributed by atoms with van der Waals surface area (Å²) in [7, 11) is 0. The van der Waals surface area contributed by atoms with Crippen molar-refractivity contribution >= 4 is 29.0 Å². The molecule has 1 amide bonds. The van der Waals surface area contributed by atoms with Gasteiger partial charge in [-0.05, 0) is 12.5 Å². The third kappa shape index (κ3) is 3.71. The molecule has 3 aromatic rings. The number of para-hydroxylation sites is 2. The van der Waals surface area contributed by atoms with Gasteiger partial charge in [0, 0.05) is 12.3 Å². The van der Waals surface area contributed by atoms with Crippen LogP contribution in [0.2, 0.25) is 0 Å². The number of benzene rings is 1. The van der Waals surface area contributed by atoms with Crippen LogP contribution in [0, 0.1) is 10.1 Å². The molecule has 0 unspecified atom stereocenters. The Morgan fingerprint density at radius 1 is 1.30 bits per heavy atom. The Hall–Kier alpha value is -3.89. The van der Waals surface area contributed by atoms with Gasteiger partial charge in [-0.15, -0.1) is 0 Å². The fourth-order valence-electron chi connectivity index (χ4n) is 2.47. The summed E-state index contributed by atoms with van der Waals surface area (Å²) < 4.78 is 6.43. The van der Waals surface area contributed by atoms with E-state index in [1.54, 1.807) is 6.07 Å². The molecule has 0 bridgehead atoms. The second-order valence-corrected chi connectivity index (χ2v) is 5.34. The first-order valence-corrected chi connectivity index (χ1v) is 7.89. The number of ether oxygens (including phenoxy) is 1. The van der Waals surface area contributed by atoms with E-state index in [0.29, 0.717) is 17.9 Å². The van der Waals surface area contributed by atoms with E-state index in [1.807, 2.05) is 6.92 Å². The topological polar surface area (TPSA) is 142 Å². The monoisotopic (exact) mass is 370 g/mol. The summed E-state index contributed by atoms with van der Waals surface area (Å²) in [5.41, 5.74) is 0.463. The van der Waals surface area contributed by atoms with Gasteiger partial charge in [0.05, 0.1) is 16.2 Å². The minimum Gasteiger partial charge on any atom is -0.452 e. The average molecular weight is 370 g/mol. The van der Waals surface area contributed by atoms with E-state index in [0.717, 1.165) is 0 Å². The first-order valence-electron chi connectivity index (χ1n) is 7.89. The molecule has 0 saturated carbocycles. The first-order chi connectivity index (χ1) is 13.0. The van der Waals surface area contributed by atoms with Gasteiger partial charge < -0.3 is 10.1 Å². The van der Waals surface area contributed by atoms with E-state index >= 15 is 0 Å². The molecule has 0 atom stereocenters. The van der Waals surface area contributed by atoms with E-state index in [9.17, 15) is 19.7 Å². The number of hydrogen-bond acceptors (Lipinski definition) is 8. The lowest BCUT2D eigenvalue weighted by atomic mass is 10.2. The van der Waals surface area contributed by atoms with Gasteiger partial charge >= 0.3 is 5.97 Å². The van der Waals surface area contributed by atoms with Crippen molar-refractivity contribution in [1.82, 2.24) is 19.6 Å². The molecule has 1 N–H and O–H groups in total. The minimum atomic E-state index is -0.755. The Bertz CT molecular complexity index is 1030. The van der Waals surface area contributed by atoms with Gasteiger partial charge in [-0.3, -0.25) is 14.9 Å². The zero-order chi connectivity index (χ0) is 19.4. The fourth-order valence-corrected chi connectivity index (χ4v) is 2.47. The normalized spacial score (nSPS) is 10.6. The summed E-state index contributed by atoms with van der Waals surface area (Å²) in [6.45, 7) is 1.22. The number of esters is 1. The SMILES string of the molecule is CCc1c(C(=O)OCC(=O)Nc2ccccc2[N+](=O)[O-])cnc2ncnn12. The molecule has 0 aliphatic rings. The van der Waals surface area contributed by atoms with Gasteiger partial charge in [0.25, 0.3) is 17.4 Å². The lowest BCUT2D eigenvalue weighted by Gasteiger charge is -2.09. The lowest BCUT2D eigenvalue weighted by molar-refractivity contribution is -0.383. The van der Waals surface area contributed by atoms with Crippen molar-refractivity contribution in [2.45, 2.75) is 13.3 Å². The molecule has 11 heteroatoms. The van der Waals surface area contributed by atoms with Crippen molar-refractivity contribution in [3.8, 4) is 0 Å². The Balaban J connectivity index is 1.69. The second-order valence-electron chi connectivity index (χ2n) is 5.34. The molecule has 0 aliphatic heterocycles. The number of nitro groups is 1. The molecule has 27 heavy (non-hydrogen) atoms. The predicted molar refractivity (Wildman–Crippen MR) is 92.2 cm³/mol. The molecule has 0 saturated heterocycles. The molecule has 11 nitrogen and oxygen atoms in total. The van der Waals surface area contributed by atoms with Gasteiger partial charge in [-0.2, -0.15) is 10.1 Å². The number of anilines is 1. The van der Waals surface area contributed by atoms with Crippen molar-refractivity contribution in [2.75, 3.05) is 11.9 Å². The summed E-state index contributed by atoms with van der Waals surface area (Å²) in [4.78, 5) is 42.6. The molecular weight excluding hydrogens is 356 g/mol. The van der Waals surface area contributed by atoms with Gasteiger partial charge in [-0.25, -0.2) is 14.3 Å². The highest BCUT2D eigenvalue weighted by molar-refractivity contribution is 5.97. The number of rotatable bonds is 6. The maximum Gasteiger partial charge on any atom is 0.342 e. The molecular formula is C16H14N6O5. The van der Waals surface area contributed by atoms with Crippen molar-refractivity contribution in [2.24, 2.45) is 0 Å². The number of carbonyl (C=O) groups is 2. The van der Waals surface area contributed by atoms with Crippen molar-refractivity contribution in [1.29, 1.82) is 0 Å². The number of nitrogens with zero attached hydrogens (tertiary/aromatic N) is 5. The molecule has 0 spiro atoms. The summed E-state index contributed by atoms with van der Waals surface area (Å²) >= 11 is 0. The lowest BCUT2D eigenvalue weighted by Crippen LogP contribution is -2.22. The average Bonchev–Trinajstić information content (AvgIpc) is 3.14. The van der Waals surface area contributed by atoms with Crippen LogP contribution in [-0.2, 0) is 16.0 Å². The number of nitro benzene ring substituents is 1. The number of hydrogen-bond donors (Lipinski definition) is 1. The molecule has 3 rings (SSSR count). The van der Waals surface area contributed by atoms with Crippen LogP contribution in [0.3, 0.4) is 0 Å². The highest BCUT2D eigenvalue weighted by Gasteiger charge is 2.19. The van der Waals surface area contributed by atoms with Crippen molar-refractivity contribution in [3.63, 3.8) is 0 Å². The van der Waals surface area contributed by atoms with E-state index in [2.05, 4.69) is 20.4 Å². The Morgan fingerprint density at radius 3 is 2.81 bits per heavy atom. The Kier molecular flexibility index (Phi) is 5.01. The Morgan fingerprint density at radius 2 is 2.07 bits per heavy atom. The summed E-state index contributed by atoms with van der Waals surface area (Å²) in [6.07, 6.45) is 3.09. The molecule has 2 aromatic heterocycles. The predicted octanol–water partition coefficient (Wildman–Crippen LogP) is 1.39. The molecule has 0 aliphatic carbocycles. The molecule has 138 valence electrons. The van der Waals surface area contributed by atoms with Crippen LogP contribution in [0.1, 0.15) is 23.0 Å². The van der Waals surface area contributed by atoms with Gasteiger partial charge in [0.15, 0.2) is 6.61 Å². The number of fused-ring (bicyclic) bond motifs is 1. The number of aromatic nitrogens is 4.